The second kappa shape index (κ2) is 9.78. The van der Waals surface area contributed by atoms with Crippen LogP contribution in [-0.4, -0.2) is 85.2 Å². The third-order valence-corrected chi connectivity index (χ3v) is 9.82. The molecule has 37 heavy (non-hydrogen) atoms. The van der Waals surface area contributed by atoms with E-state index >= 15 is 0 Å². The van der Waals surface area contributed by atoms with Gasteiger partial charge in [-0.25, -0.2) is 8.78 Å². The van der Waals surface area contributed by atoms with Crippen LogP contribution in [0.25, 0.3) is 10.9 Å². The Morgan fingerprint density at radius 1 is 1.00 bits per heavy atom. The molecule has 4 heterocycles. The van der Waals surface area contributed by atoms with Crippen molar-refractivity contribution in [3.8, 4) is 6.07 Å². The van der Waals surface area contributed by atoms with Gasteiger partial charge in [-0.15, -0.1) is 0 Å². The van der Waals surface area contributed by atoms with Crippen molar-refractivity contribution < 1.29 is 22.0 Å². The van der Waals surface area contributed by atoms with E-state index < -0.39 is 27.3 Å². The quantitative estimate of drug-likeness (QED) is 0.600. The highest BCUT2D eigenvalue weighted by Crippen LogP contribution is 2.38. The number of anilines is 1. The fourth-order valence-corrected chi connectivity index (χ4v) is 7.09. The van der Waals surface area contributed by atoms with E-state index in [1.165, 1.54) is 20.9 Å². The Morgan fingerprint density at radius 3 is 2.24 bits per heavy atom. The van der Waals surface area contributed by atoms with Gasteiger partial charge in [0.1, 0.15) is 11.3 Å². The van der Waals surface area contributed by atoms with Gasteiger partial charge in [-0.2, -0.15) is 22.3 Å². The number of piperazine rings is 1. The van der Waals surface area contributed by atoms with Crippen LogP contribution in [-0.2, 0) is 10.2 Å². The molecule has 12 heteroatoms. The monoisotopic (exact) mass is 532 g/mol. The summed E-state index contributed by atoms with van der Waals surface area (Å²) in [4.78, 5) is 21.4. The average Bonchev–Trinajstić information content (AvgIpc) is 3.44. The largest absolute Gasteiger partial charge is 0.370 e. The number of hydrogen-bond acceptors (Lipinski definition) is 6. The van der Waals surface area contributed by atoms with E-state index in [0.29, 0.717) is 44.7 Å². The molecule has 1 amide bonds. The van der Waals surface area contributed by atoms with Gasteiger partial charge in [0, 0.05) is 70.0 Å². The Kier molecular flexibility index (Phi) is 6.81. The highest BCUT2D eigenvalue weighted by atomic mass is 32.2. The van der Waals surface area contributed by atoms with Gasteiger partial charge in [-0.05, 0) is 38.7 Å². The Balaban J connectivity index is 1.44. The molecule has 3 saturated heterocycles. The lowest BCUT2D eigenvalue weighted by Crippen LogP contribution is -2.54. The molecule has 0 N–H and O–H groups in total. The maximum absolute atomic E-state index is 14.6. The van der Waals surface area contributed by atoms with Crippen molar-refractivity contribution in [1.82, 2.24) is 18.5 Å². The topological polar surface area (TPSA) is 101 Å². The van der Waals surface area contributed by atoms with Crippen LogP contribution in [0.15, 0.2) is 18.3 Å². The van der Waals surface area contributed by atoms with Crippen LogP contribution < -0.4 is 4.90 Å². The molecule has 2 aromatic rings. The van der Waals surface area contributed by atoms with Gasteiger partial charge in [-0.1, -0.05) is 0 Å². The molecular formula is C25H30F2N6O3S. The van der Waals surface area contributed by atoms with Gasteiger partial charge in [0.25, 0.3) is 16.1 Å². The summed E-state index contributed by atoms with van der Waals surface area (Å²) in [5.41, 5.74) is 0.0921. The van der Waals surface area contributed by atoms with Crippen molar-refractivity contribution in [3.63, 3.8) is 0 Å². The molecule has 1 aromatic heterocycles. The number of amides is 1. The summed E-state index contributed by atoms with van der Waals surface area (Å²) < 4.78 is 57.7. The van der Waals surface area contributed by atoms with Crippen molar-refractivity contribution >= 4 is 32.7 Å². The van der Waals surface area contributed by atoms with E-state index in [0.717, 1.165) is 18.9 Å². The van der Waals surface area contributed by atoms with E-state index in [1.54, 1.807) is 4.90 Å². The number of carbonyl (C=O) groups excluding carboxylic acids is 1. The summed E-state index contributed by atoms with van der Waals surface area (Å²) in [6, 6.07) is 4.30. The Morgan fingerprint density at radius 2 is 1.62 bits per heavy atom. The third-order valence-electron chi connectivity index (χ3n) is 7.79. The number of fused-ring (bicyclic) bond motifs is 1. The molecule has 5 rings (SSSR count). The van der Waals surface area contributed by atoms with Gasteiger partial charge in [0.2, 0.25) is 0 Å². The molecule has 0 atom stereocenters. The first-order valence-electron chi connectivity index (χ1n) is 12.6. The molecule has 3 aliphatic rings. The molecule has 0 unspecified atom stereocenters. The van der Waals surface area contributed by atoms with Crippen LogP contribution in [0.1, 0.15) is 43.0 Å². The fourth-order valence-electron chi connectivity index (χ4n) is 5.42. The number of pyridine rings is 1. The second-order valence-electron chi connectivity index (χ2n) is 10.3. The number of aromatic nitrogens is 1. The summed E-state index contributed by atoms with van der Waals surface area (Å²) in [7, 11) is -3.55. The van der Waals surface area contributed by atoms with E-state index in [4.69, 9.17) is 0 Å². The molecule has 1 aromatic carbocycles. The summed E-state index contributed by atoms with van der Waals surface area (Å²) >= 11 is 0. The molecule has 0 radical (unpaired) electrons. The normalized spacial score (nSPS) is 21.4. The highest BCUT2D eigenvalue weighted by Gasteiger charge is 2.37. The van der Waals surface area contributed by atoms with Crippen molar-refractivity contribution in [2.24, 2.45) is 5.41 Å². The smallest absolute Gasteiger partial charge is 0.282 e. The summed E-state index contributed by atoms with van der Waals surface area (Å²) in [5.74, 6) is -1.94. The third kappa shape index (κ3) is 4.76. The van der Waals surface area contributed by atoms with Gasteiger partial charge in [0.05, 0.1) is 22.7 Å². The zero-order valence-electron chi connectivity index (χ0n) is 20.8. The standard InChI is InChI=1S/C25H30F2N6O3S/c1-25(17-28)4-8-30(9-5-25)23-19-14-18(26)15-21(27)22(19)29-16-20(23)24(34)31-10-12-33(13-11-31)37(35,36)32-6-2-3-7-32/h14-16H,2-13H2,1H3. The first kappa shape index (κ1) is 25.8. The lowest BCUT2D eigenvalue weighted by molar-refractivity contribution is 0.0694. The zero-order valence-corrected chi connectivity index (χ0v) is 21.6. The van der Waals surface area contributed by atoms with E-state index in [1.807, 2.05) is 11.8 Å². The molecule has 0 aliphatic carbocycles. The number of halogens is 2. The van der Waals surface area contributed by atoms with Gasteiger partial charge >= 0.3 is 0 Å². The first-order valence-corrected chi connectivity index (χ1v) is 14.0. The second-order valence-corrected chi connectivity index (χ2v) is 12.2. The van der Waals surface area contributed by atoms with Crippen LogP contribution in [0.5, 0.6) is 0 Å². The molecule has 3 aliphatic heterocycles. The number of nitriles is 1. The molecule has 9 nitrogen and oxygen atoms in total. The number of hydrogen-bond donors (Lipinski definition) is 0. The van der Waals surface area contributed by atoms with Crippen molar-refractivity contribution in [1.29, 1.82) is 5.26 Å². The van der Waals surface area contributed by atoms with Crippen LogP contribution in [0.3, 0.4) is 0 Å². The molecule has 3 fully saturated rings. The van der Waals surface area contributed by atoms with Crippen LogP contribution in [0.2, 0.25) is 0 Å². The van der Waals surface area contributed by atoms with Gasteiger partial charge < -0.3 is 9.80 Å². The molecule has 0 spiro atoms. The molecule has 198 valence electrons. The van der Waals surface area contributed by atoms with Crippen LogP contribution in [0, 0.1) is 28.4 Å². The predicted octanol–water partition coefficient (Wildman–Crippen LogP) is 2.74. The number of carbonyl (C=O) groups is 1. The number of benzene rings is 1. The Bertz CT molecular complexity index is 1360. The number of piperidine rings is 1. The summed E-state index contributed by atoms with van der Waals surface area (Å²) in [6.07, 6.45) is 4.12. The Labute approximate surface area is 215 Å². The van der Waals surface area contributed by atoms with E-state index in [2.05, 4.69) is 11.1 Å². The van der Waals surface area contributed by atoms with Crippen molar-refractivity contribution in [2.45, 2.75) is 32.6 Å². The highest BCUT2D eigenvalue weighted by molar-refractivity contribution is 7.86. The van der Waals surface area contributed by atoms with Crippen molar-refractivity contribution in [3.05, 3.63) is 35.5 Å². The summed E-state index contributed by atoms with van der Waals surface area (Å²) in [5, 5.41) is 9.73. The maximum Gasteiger partial charge on any atom is 0.282 e. The molecule has 0 bridgehead atoms. The summed E-state index contributed by atoms with van der Waals surface area (Å²) in [6.45, 7) is 4.56. The van der Waals surface area contributed by atoms with E-state index in [-0.39, 0.29) is 48.6 Å². The number of nitrogens with zero attached hydrogens (tertiary/aromatic N) is 6. The minimum absolute atomic E-state index is 0.0249. The lowest BCUT2D eigenvalue weighted by atomic mass is 9.81. The number of rotatable bonds is 4. The SMILES string of the molecule is CC1(C#N)CCN(c2c(C(=O)N3CCN(S(=O)(=O)N4CCCC4)CC3)cnc3c(F)cc(F)cc23)CC1. The minimum Gasteiger partial charge on any atom is -0.370 e. The molecule has 0 saturated carbocycles. The van der Waals surface area contributed by atoms with Crippen LogP contribution >= 0.6 is 0 Å². The minimum atomic E-state index is -3.55. The van der Waals surface area contributed by atoms with Crippen LogP contribution in [0.4, 0.5) is 14.5 Å². The van der Waals surface area contributed by atoms with Gasteiger partial charge in [0.15, 0.2) is 5.82 Å². The molecular weight excluding hydrogens is 502 g/mol. The Hall–Kier alpha value is -2.88. The maximum atomic E-state index is 14.6. The van der Waals surface area contributed by atoms with Crippen molar-refractivity contribution in [2.75, 3.05) is 57.3 Å². The predicted molar refractivity (Wildman–Crippen MR) is 134 cm³/mol. The average molecular weight is 533 g/mol. The first-order chi connectivity index (χ1) is 17.6. The zero-order chi connectivity index (χ0) is 26.4. The fraction of sp³-hybridized carbons (Fsp3) is 0.560. The lowest BCUT2D eigenvalue weighted by Gasteiger charge is -2.39. The van der Waals surface area contributed by atoms with E-state index in [9.17, 15) is 27.3 Å². The van der Waals surface area contributed by atoms with Gasteiger partial charge in [-0.3, -0.25) is 9.78 Å².